The third-order valence-corrected chi connectivity index (χ3v) is 4.32. The highest BCUT2D eigenvalue weighted by molar-refractivity contribution is 6.32. The molecule has 1 saturated heterocycles. The van der Waals surface area contributed by atoms with Crippen LogP contribution in [0.4, 0.5) is 5.69 Å². The van der Waals surface area contributed by atoms with Crippen LogP contribution in [0, 0.1) is 0 Å². The Morgan fingerprint density at radius 2 is 2.35 bits per heavy atom. The molecule has 1 aromatic rings. The van der Waals surface area contributed by atoms with Gasteiger partial charge in [0, 0.05) is 17.3 Å². The Morgan fingerprint density at radius 1 is 1.50 bits per heavy atom. The molecule has 2 N–H and O–H groups in total. The summed E-state index contributed by atoms with van der Waals surface area (Å²) < 4.78 is 5.56. The van der Waals surface area contributed by atoms with Gasteiger partial charge in [0.25, 0.3) is 0 Å². The number of ether oxygens (including phenoxy) is 1. The predicted octanol–water partition coefficient (Wildman–Crippen LogP) is 2.83. The zero-order valence-corrected chi connectivity index (χ0v) is 11.9. The molecule has 3 rings (SSSR count). The fourth-order valence-corrected chi connectivity index (χ4v) is 3.18. The van der Waals surface area contributed by atoms with Gasteiger partial charge in [-0.15, -0.1) is 0 Å². The summed E-state index contributed by atoms with van der Waals surface area (Å²) in [4.78, 5) is 11.4. The second kappa shape index (κ2) is 5.72. The van der Waals surface area contributed by atoms with Gasteiger partial charge in [0.1, 0.15) is 0 Å². The molecule has 2 heterocycles. The summed E-state index contributed by atoms with van der Waals surface area (Å²) in [6.45, 7) is 0.828. The lowest BCUT2D eigenvalue weighted by Crippen LogP contribution is -2.08. The second-order valence-electron chi connectivity index (χ2n) is 5.48. The van der Waals surface area contributed by atoms with Gasteiger partial charge in [-0.05, 0) is 48.9 Å². The first-order valence-electron chi connectivity index (χ1n) is 7.05. The van der Waals surface area contributed by atoms with E-state index in [2.05, 4.69) is 5.32 Å². The van der Waals surface area contributed by atoms with Gasteiger partial charge in [-0.2, -0.15) is 0 Å². The largest absolute Gasteiger partial charge is 0.388 e. The van der Waals surface area contributed by atoms with Gasteiger partial charge in [-0.25, -0.2) is 0 Å². The fourth-order valence-electron chi connectivity index (χ4n) is 2.89. The van der Waals surface area contributed by atoms with E-state index in [-0.39, 0.29) is 12.0 Å². The van der Waals surface area contributed by atoms with Crippen LogP contribution in [0.3, 0.4) is 0 Å². The van der Waals surface area contributed by atoms with Crippen molar-refractivity contribution in [3.63, 3.8) is 0 Å². The Morgan fingerprint density at radius 3 is 3.10 bits per heavy atom. The molecule has 20 heavy (non-hydrogen) atoms. The number of benzene rings is 1. The number of rotatable bonds is 4. The third kappa shape index (κ3) is 2.82. The molecule has 2 unspecified atom stereocenters. The van der Waals surface area contributed by atoms with Crippen molar-refractivity contribution in [2.75, 3.05) is 11.9 Å². The van der Waals surface area contributed by atoms with Crippen LogP contribution in [0.1, 0.15) is 42.9 Å². The molecule has 0 saturated carbocycles. The van der Waals surface area contributed by atoms with E-state index in [1.165, 1.54) is 0 Å². The Kier molecular flexibility index (Phi) is 3.96. The zero-order valence-electron chi connectivity index (χ0n) is 11.2. The summed E-state index contributed by atoms with van der Waals surface area (Å²) >= 11 is 6.20. The monoisotopic (exact) mass is 295 g/mol. The minimum Gasteiger partial charge on any atom is -0.388 e. The standard InChI is InChI=1S/C15H18ClNO3/c16-12-8-13-9(7-15(19)17-13)6-11(12)14(18)4-3-10-2-1-5-20-10/h6,8,10,14,18H,1-5,7H2,(H,17,19). The van der Waals surface area contributed by atoms with Crippen molar-refractivity contribution < 1.29 is 14.6 Å². The Balaban J connectivity index is 1.69. The molecular weight excluding hydrogens is 278 g/mol. The molecule has 0 radical (unpaired) electrons. The van der Waals surface area contributed by atoms with Crippen LogP contribution in [0.25, 0.3) is 0 Å². The van der Waals surface area contributed by atoms with Crippen molar-refractivity contribution in [2.24, 2.45) is 0 Å². The van der Waals surface area contributed by atoms with Crippen LogP contribution in [-0.4, -0.2) is 23.7 Å². The second-order valence-corrected chi connectivity index (χ2v) is 5.89. The zero-order chi connectivity index (χ0) is 14.1. The lowest BCUT2D eigenvalue weighted by molar-refractivity contribution is -0.115. The van der Waals surface area contributed by atoms with E-state index in [1.54, 1.807) is 6.07 Å². The molecule has 1 fully saturated rings. The number of hydrogen-bond donors (Lipinski definition) is 2. The summed E-state index contributed by atoms with van der Waals surface area (Å²) in [7, 11) is 0. The van der Waals surface area contributed by atoms with Gasteiger partial charge in [0.05, 0.1) is 18.6 Å². The lowest BCUT2D eigenvalue weighted by Gasteiger charge is -2.16. The topological polar surface area (TPSA) is 58.6 Å². The van der Waals surface area contributed by atoms with Crippen molar-refractivity contribution in [3.05, 3.63) is 28.3 Å². The van der Waals surface area contributed by atoms with Gasteiger partial charge in [-0.1, -0.05) is 11.6 Å². The molecule has 2 aliphatic rings. The summed E-state index contributed by atoms with van der Waals surface area (Å²) in [5.74, 6) is -0.0259. The first-order valence-corrected chi connectivity index (χ1v) is 7.43. The van der Waals surface area contributed by atoms with Crippen molar-refractivity contribution in [1.82, 2.24) is 0 Å². The van der Waals surface area contributed by atoms with Gasteiger partial charge < -0.3 is 15.2 Å². The van der Waals surface area contributed by atoms with E-state index in [1.807, 2.05) is 6.07 Å². The van der Waals surface area contributed by atoms with E-state index in [0.717, 1.165) is 37.1 Å². The molecule has 2 aliphatic heterocycles. The first kappa shape index (κ1) is 13.9. The molecule has 2 atom stereocenters. The van der Waals surface area contributed by atoms with Crippen LogP contribution >= 0.6 is 11.6 Å². The van der Waals surface area contributed by atoms with Crippen LogP contribution in [0.2, 0.25) is 5.02 Å². The van der Waals surface area contributed by atoms with Crippen molar-refractivity contribution in [1.29, 1.82) is 0 Å². The molecule has 0 aromatic heterocycles. The van der Waals surface area contributed by atoms with Crippen molar-refractivity contribution in [2.45, 2.75) is 44.3 Å². The molecule has 5 heteroatoms. The third-order valence-electron chi connectivity index (χ3n) is 3.99. The fraction of sp³-hybridized carbons (Fsp3) is 0.533. The number of aliphatic hydroxyl groups is 1. The molecule has 0 bridgehead atoms. The minimum atomic E-state index is -0.604. The number of amides is 1. The summed E-state index contributed by atoms with van der Waals surface area (Å²) in [6.07, 6.45) is 3.67. The van der Waals surface area contributed by atoms with E-state index in [0.29, 0.717) is 23.4 Å². The van der Waals surface area contributed by atoms with Crippen LogP contribution in [0.5, 0.6) is 0 Å². The minimum absolute atomic E-state index is 0.0259. The smallest absolute Gasteiger partial charge is 0.228 e. The van der Waals surface area contributed by atoms with E-state index in [4.69, 9.17) is 16.3 Å². The SMILES string of the molecule is O=C1Cc2cc(C(O)CCC3CCCO3)c(Cl)cc2N1. The Labute approximate surface area is 123 Å². The number of anilines is 1. The summed E-state index contributed by atoms with van der Waals surface area (Å²) in [5, 5.41) is 13.6. The molecule has 1 amide bonds. The number of nitrogens with one attached hydrogen (secondary N) is 1. The molecule has 0 spiro atoms. The van der Waals surface area contributed by atoms with E-state index >= 15 is 0 Å². The highest BCUT2D eigenvalue weighted by atomic mass is 35.5. The predicted molar refractivity (Wildman–Crippen MR) is 77.0 cm³/mol. The normalized spacial score (nSPS) is 22.7. The van der Waals surface area contributed by atoms with Gasteiger partial charge >= 0.3 is 0 Å². The molecule has 4 nitrogen and oxygen atoms in total. The maximum absolute atomic E-state index is 11.4. The number of fused-ring (bicyclic) bond motifs is 1. The number of carbonyl (C=O) groups excluding carboxylic acids is 1. The first-order chi connectivity index (χ1) is 9.63. The lowest BCUT2D eigenvalue weighted by atomic mass is 9.99. The molecule has 0 aliphatic carbocycles. The van der Waals surface area contributed by atoms with Crippen molar-refractivity contribution in [3.8, 4) is 0 Å². The van der Waals surface area contributed by atoms with Gasteiger partial charge in [0.2, 0.25) is 5.91 Å². The molecular formula is C15H18ClNO3. The average Bonchev–Trinajstić information content (AvgIpc) is 3.03. The van der Waals surface area contributed by atoms with Gasteiger partial charge in [-0.3, -0.25) is 4.79 Å². The van der Waals surface area contributed by atoms with Crippen molar-refractivity contribution >= 4 is 23.2 Å². The van der Waals surface area contributed by atoms with E-state index < -0.39 is 6.10 Å². The summed E-state index contributed by atoms with van der Waals surface area (Å²) in [6, 6.07) is 3.57. The number of aliphatic hydroxyl groups excluding tert-OH is 1. The highest BCUT2D eigenvalue weighted by Gasteiger charge is 2.23. The number of carbonyl (C=O) groups is 1. The Bertz CT molecular complexity index is 526. The molecule has 1 aromatic carbocycles. The van der Waals surface area contributed by atoms with Crippen LogP contribution in [0.15, 0.2) is 12.1 Å². The quantitative estimate of drug-likeness (QED) is 0.898. The van der Waals surface area contributed by atoms with Crippen LogP contribution < -0.4 is 5.32 Å². The maximum Gasteiger partial charge on any atom is 0.228 e. The highest BCUT2D eigenvalue weighted by Crippen LogP contribution is 2.34. The van der Waals surface area contributed by atoms with Gasteiger partial charge in [0.15, 0.2) is 0 Å². The molecule has 108 valence electrons. The maximum atomic E-state index is 11.4. The average molecular weight is 296 g/mol. The Hall–Kier alpha value is -1.10. The number of halogens is 1. The van der Waals surface area contributed by atoms with Crippen LogP contribution in [-0.2, 0) is 16.0 Å². The van der Waals surface area contributed by atoms with E-state index in [9.17, 15) is 9.90 Å². The number of hydrogen-bond acceptors (Lipinski definition) is 3. The summed E-state index contributed by atoms with van der Waals surface area (Å²) in [5.41, 5.74) is 2.38.